The number of carbonyl (C=O) groups excluding carboxylic acids is 2. The van der Waals surface area contributed by atoms with Crippen LogP contribution < -0.4 is 5.73 Å². The molecule has 0 spiro atoms. The summed E-state index contributed by atoms with van der Waals surface area (Å²) in [7, 11) is 0. The Balaban J connectivity index is 0.00000288. The fraction of sp³-hybridized carbons (Fsp3) is 0.882. The molecule has 0 radical (unpaired) electrons. The number of halogens is 2. The van der Waals surface area contributed by atoms with Crippen molar-refractivity contribution in [3.05, 3.63) is 0 Å². The van der Waals surface area contributed by atoms with E-state index in [4.69, 9.17) is 5.73 Å². The van der Waals surface area contributed by atoms with Crippen LogP contribution in [0.4, 0.5) is 0 Å². The van der Waals surface area contributed by atoms with Gasteiger partial charge in [0.25, 0.3) is 0 Å². The lowest BCUT2D eigenvalue weighted by molar-refractivity contribution is -0.143. The zero-order valence-electron chi connectivity index (χ0n) is 15.5. The second-order valence-corrected chi connectivity index (χ2v) is 6.70. The van der Waals surface area contributed by atoms with Gasteiger partial charge in [-0.1, -0.05) is 20.3 Å². The molecule has 2 aliphatic rings. The molecule has 1 aliphatic heterocycles. The number of amides is 2. The van der Waals surface area contributed by atoms with Crippen LogP contribution in [0.3, 0.4) is 0 Å². The Morgan fingerprint density at radius 2 is 1.56 bits per heavy atom. The van der Waals surface area contributed by atoms with E-state index in [0.717, 1.165) is 32.4 Å². The van der Waals surface area contributed by atoms with Crippen molar-refractivity contribution >= 4 is 36.6 Å². The minimum absolute atomic E-state index is 0. The topological polar surface area (TPSA) is 69.9 Å². The summed E-state index contributed by atoms with van der Waals surface area (Å²) in [5.74, 6) is 0.901. The van der Waals surface area contributed by atoms with Crippen molar-refractivity contribution in [1.82, 2.24) is 14.7 Å². The highest BCUT2D eigenvalue weighted by Crippen LogP contribution is 2.32. The third kappa shape index (κ3) is 6.27. The van der Waals surface area contributed by atoms with Crippen molar-refractivity contribution in [1.29, 1.82) is 0 Å². The van der Waals surface area contributed by atoms with Crippen LogP contribution in [0.5, 0.6) is 0 Å². The first-order chi connectivity index (χ1) is 11.1. The molecule has 0 aromatic heterocycles. The number of nitrogens with two attached hydrogens (primary N) is 1. The summed E-state index contributed by atoms with van der Waals surface area (Å²) in [6.07, 6.45) is 3.16. The highest BCUT2D eigenvalue weighted by Gasteiger charge is 2.36. The average molecular weight is 397 g/mol. The number of hydrogen-bond acceptors (Lipinski definition) is 4. The van der Waals surface area contributed by atoms with Crippen molar-refractivity contribution in [2.45, 2.75) is 33.1 Å². The van der Waals surface area contributed by atoms with Gasteiger partial charge in [-0.2, -0.15) is 0 Å². The zero-order chi connectivity index (χ0) is 16.8. The molecule has 8 heteroatoms. The lowest BCUT2D eigenvalue weighted by atomic mass is 9.94. The standard InChI is InChI=1S/C17H32N4O2.2ClH/c1-3-19(4-2)13-16(22)20-8-10-21(11-9-20)17(23)15-7-5-6-14(15)12-18;;/h14-15H,3-13,18H2,1-2H3;2*1H/t14-,15-;;/m1../s1. The van der Waals surface area contributed by atoms with Crippen molar-refractivity contribution in [3.63, 3.8) is 0 Å². The molecule has 2 fully saturated rings. The maximum absolute atomic E-state index is 12.7. The molecule has 6 nitrogen and oxygen atoms in total. The van der Waals surface area contributed by atoms with E-state index in [2.05, 4.69) is 18.7 Å². The van der Waals surface area contributed by atoms with Crippen LogP contribution in [-0.2, 0) is 9.59 Å². The van der Waals surface area contributed by atoms with Crippen molar-refractivity contribution in [2.24, 2.45) is 17.6 Å². The molecule has 0 aromatic carbocycles. The summed E-state index contributed by atoms with van der Waals surface area (Å²) in [5.41, 5.74) is 5.80. The second kappa shape index (κ2) is 11.9. The molecule has 0 bridgehead atoms. The van der Waals surface area contributed by atoms with Gasteiger partial charge in [-0.3, -0.25) is 14.5 Å². The van der Waals surface area contributed by atoms with Gasteiger partial charge >= 0.3 is 0 Å². The van der Waals surface area contributed by atoms with E-state index in [1.165, 1.54) is 0 Å². The van der Waals surface area contributed by atoms with Gasteiger partial charge in [0, 0.05) is 32.1 Å². The fourth-order valence-corrected chi connectivity index (χ4v) is 3.79. The molecule has 0 aromatic rings. The van der Waals surface area contributed by atoms with Gasteiger partial charge in [-0.15, -0.1) is 24.8 Å². The molecule has 2 rings (SSSR count). The van der Waals surface area contributed by atoms with Crippen molar-refractivity contribution in [3.8, 4) is 0 Å². The Labute approximate surface area is 164 Å². The molecule has 1 saturated carbocycles. The number of likely N-dealkylation sites (N-methyl/N-ethyl adjacent to an activating group) is 1. The fourth-order valence-electron chi connectivity index (χ4n) is 3.79. The molecule has 1 saturated heterocycles. The normalized spacial score (nSPS) is 23.2. The van der Waals surface area contributed by atoms with Crippen molar-refractivity contribution in [2.75, 3.05) is 52.4 Å². The summed E-state index contributed by atoms with van der Waals surface area (Å²) in [4.78, 5) is 31.0. The lowest BCUT2D eigenvalue weighted by Gasteiger charge is -2.37. The molecular formula is C17H34Cl2N4O2. The van der Waals surface area contributed by atoms with E-state index in [-0.39, 0.29) is 42.5 Å². The molecule has 148 valence electrons. The number of carbonyl (C=O) groups is 2. The van der Waals surface area contributed by atoms with Gasteiger partial charge in [0.2, 0.25) is 11.8 Å². The molecule has 2 N–H and O–H groups in total. The number of piperazine rings is 1. The molecular weight excluding hydrogens is 363 g/mol. The molecule has 2 amide bonds. The predicted octanol–water partition coefficient (Wildman–Crippen LogP) is 1.22. The number of rotatable bonds is 6. The maximum atomic E-state index is 12.7. The van der Waals surface area contributed by atoms with Crippen molar-refractivity contribution < 1.29 is 9.59 Å². The minimum Gasteiger partial charge on any atom is -0.339 e. The van der Waals surface area contributed by atoms with Crippen LogP contribution in [0.15, 0.2) is 0 Å². The van der Waals surface area contributed by atoms with Crippen LogP contribution in [-0.4, -0.2) is 78.9 Å². The van der Waals surface area contributed by atoms with Gasteiger partial charge in [0.1, 0.15) is 0 Å². The zero-order valence-corrected chi connectivity index (χ0v) is 17.1. The highest BCUT2D eigenvalue weighted by molar-refractivity contribution is 5.85. The highest BCUT2D eigenvalue weighted by atomic mass is 35.5. The monoisotopic (exact) mass is 396 g/mol. The Kier molecular flexibility index (Phi) is 11.7. The second-order valence-electron chi connectivity index (χ2n) is 6.70. The smallest absolute Gasteiger partial charge is 0.236 e. The maximum Gasteiger partial charge on any atom is 0.236 e. The Morgan fingerprint density at radius 3 is 2.08 bits per heavy atom. The average Bonchev–Trinajstić information content (AvgIpc) is 3.07. The van der Waals surface area contributed by atoms with E-state index >= 15 is 0 Å². The Morgan fingerprint density at radius 1 is 1.00 bits per heavy atom. The Bertz CT molecular complexity index is 413. The van der Waals surface area contributed by atoms with E-state index in [1.54, 1.807) is 0 Å². The third-order valence-electron chi connectivity index (χ3n) is 5.48. The van der Waals surface area contributed by atoms with Gasteiger partial charge in [-0.25, -0.2) is 0 Å². The summed E-state index contributed by atoms with van der Waals surface area (Å²) < 4.78 is 0. The van der Waals surface area contributed by atoms with Gasteiger partial charge in [0.15, 0.2) is 0 Å². The largest absolute Gasteiger partial charge is 0.339 e. The first-order valence-corrected chi connectivity index (χ1v) is 9.09. The Hall–Kier alpha value is -0.560. The quantitative estimate of drug-likeness (QED) is 0.732. The first-order valence-electron chi connectivity index (χ1n) is 9.09. The summed E-state index contributed by atoms with van der Waals surface area (Å²) >= 11 is 0. The minimum atomic E-state index is 0. The lowest BCUT2D eigenvalue weighted by Crippen LogP contribution is -2.54. The molecule has 25 heavy (non-hydrogen) atoms. The van der Waals surface area contributed by atoms with Gasteiger partial charge < -0.3 is 15.5 Å². The summed E-state index contributed by atoms with van der Waals surface area (Å²) in [6, 6.07) is 0. The molecule has 1 aliphatic carbocycles. The van der Waals surface area contributed by atoms with Crippen LogP contribution >= 0.6 is 24.8 Å². The predicted molar refractivity (Wildman–Crippen MR) is 105 cm³/mol. The van der Waals surface area contributed by atoms with E-state index in [9.17, 15) is 9.59 Å². The van der Waals surface area contributed by atoms with E-state index in [1.807, 2.05) is 9.80 Å². The van der Waals surface area contributed by atoms with Crippen LogP contribution in [0.25, 0.3) is 0 Å². The SMILES string of the molecule is CCN(CC)CC(=O)N1CCN(C(=O)[C@@H]2CCC[C@@H]2CN)CC1.Cl.Cl. The van der Waals surface area contributed by atoms with Gasteiger partial charge in [-0.05, 0) is 38.4 Å². The van der Waals surface area contributed by atoms with Gasteiger partial charge in [0.05, 0.1) is 6.54 Å². The van der Waals surface area contributed by atoms with E-state index in [0.29, 0.717) is 45.2 Å². The van der Waals surface area contributed by atoms with Crippen LogP contribution in [0.1, 0.15) is 33.1 Å². The summed E-state index contributed by atoms with van der Waals surface area (Å²) in [6.45, 7) is 9.67. The molecule has 2 atom stereocenters. The molecule has 1 heterocycles. The number of hydrogen-bond donors (Lipinski definition) is 1. The third-order valence-corrected chi connectivity index (χ3v) is 5.48. The first kappa shape index (κ1) is 24.4. The van der Waals surface area contributed by atoms with E-state index < -0.39 is 0 Å². The molecule has 0 unspecified atom stereocenters. The number of nitrogens with zero attached hydrogens (tertiary/aromatic N) is 3. The summed E-state index contributed by atoms with van der Waals surface area (Å²) in [5, 5.41) is 0. The van der Waals surface area contributed by atoms with Crippen LogP contribution in [0.2, 0.25) is 0 Å². The van der Waals surface area contributed by atoms with Crippen LogP contribution in [0, 0.1) is 11.8 Å².